The molecule has 5 nitrogen and oxygen atoms in total. The second kappa shape index (κ2) is 12.1. The van der Waals surface area contributed by atoms with Crippen molar-refractivity contribution in [2.24, 2.45) is 0 Å². The quantitative estimate of drug-likeness (QED) is 0.269. The number of nitrogens with one attached hydrogen (secondary N) is 1. The number of ether oxygens (including phenoxy) is 2. The van der Waals surface area contributed by atoms with Gasteiger partial charge in [0.15, 0.2) is 11.5 Å². The van der Waals surface area contributed by atoms with Gasteiger partial charge in [0.1, 0.15) is 24.1 Å². The molecule has 33 heavy (non-hydrogen) atoms. The zero-order valence-electron chi connectivity index (χ0n) is 18.4. The van der Waals surface area contributed by atoms with Crippen molar-refractivity contribution in [1.29, 1.82) is 5.26 Å². The predicted molar refractivity (Wildman–Crippen MR) is 125 cm³/mol. The van der Waals surface area contributed by atoms with Gasteiger partial charge in [0.2, 0.25) is 0 Å². The van der Waals surface area contributed by atoms with Gasteiger partial charge in [0, 0.05) is 12.1 Å². The topological polar surface area (TPSA) is 71.3 Å². The number of nitriles is 1. The first-order valence-electron chi connectivity index (χ1n) is 10.6. The van der Waals surface area contributed by atoms with Crippen LogP contribution in [0.15, 0.2) is 78.4 Å². The molecule has 0 fully saturated rings. The van der Waals surface area contributed by atoms with Crippen molar-refractivity contribution in [2.45, 2.75) is 19.4 Å². The molecular formula is C27H25FN2O3. The number of benzene rings is 3. The molecular weight excluding hydrogens is 419 g/mol. The van der Waals surface area contributed by atoms with E-state index in [1.54, 1.807) is 36.4 Å². The average Bonchev–Trinajstić information content (AvgIpc) is 2.85. The molecule has 0 radical (unpaired) electrons. The fourth-order valence-electron chi connectivity index (χ4n) is 3.21. The lowest BCUT2D eigenvalue weighted by Crippen LogP contribution is -2.25. The molecule has 3 aromatic rings. The van der Waals surface area contributed by atoms with Gasteiger partial charge in [0.05, 0.1) is 7.11 Å². The molecule has 3 rings (SSSR count). The minimum absolute atomic E-state index is 0.00297. The second-order valence-corrected chi connectivity index (χ2v) is 7.31. The van der Waals surface area contributed by atoms with Crippen LogP contribution in [0.2, 0.25) is 0 Å². The highest BCUT2D eigenvalue weighted by atomic mass is 19.1. The summed E-state index contributed by atoms with van der Waals surface area (Å²) in [5.74, 6) is 0.0799. The van der Waals surface area contributed by atoms with Gasteiger partial charge >= 0.3 is 0 Å². The lowest BCUT2D eigenvalue weighted by molar-refractivity contribution is -0.117. The Labute approximate surface area is 193 Å². The minimum atomic E-state index is -0.426. The van der Waals surface area contributed by atoms with Gasteiger partial charge in [-0.3, -0.25) is 4.79 Å². The zero-order valence-corrected chi connectivity index (χ0v) is 18.4. The van der Waals surface area contributed by atoms with E-state index in [2.05, 4.69) is 5.32 Å². The van der Waals surface area contributed by atoms with Gasteiger partial charge in [-0.15, -0.1) is 0 Å². The molecule has 0 aliphatic carbocycles. The van der Waals surface area contributed by atoms with E-state index < -0.39 is 5.91 Å². The smallest absolute Gasteiger partial charge is 0.261 e. The SMILES string of the molecule is COc1cc(/C=C(/C#N)C(=O)NCCCc2ccccc2)ccc1OCc1ccccc1F. The van der Waals surface area contributed by atoms with E-state index in [9.17, 15) is 14.4 Å². The van der Waals surface area contributed by atoms with E-state index in [1.807, 2.05) is 36.4 Å². The fraction of sp³-hybridized carbons (Fsp3) is 0.185. The summed E-state index contributed by atoms with van der Waals surface area (Å²) in [5.41, 5.74) is 2.24. The molecule has 3 aromatic carbocycles. The molecule has 6 heteroatoms. The van der Waals surface area contributed by atoms with Crippen LogP contribution in [0.3, 0.4) is 0 Å². The number of hydrogen-bond acceptors (Lipinski definition) is 4. The number of carbonyl (C=O) groups excluding carboxylic acids is 1. The van der Waals surface area contributed by atoms with Crippen LogP contribution in [0, 0.1) is 17.1 Å². The number of carbonyl (C=O) groups is 1. The number of aryl methyl sites for hydroxylation is 1. The fourth-order valence-corrected chi connectivity index (χ4v) is 3.21. The Hall–Kier alpha value is -4.11. The summed E-state index contributed by atoms with van der Waals surface area (Å²) >= 11 is 0. The predicted octanol–water partition coefficient (Wildman–Crippen LogP) is 5.07. The Morgan fingerprint density at radius 2 is 1.82 bits per heavy atom. The number of amides is 1. The van der Waals surface area contributed by atoms with Crippen LogP contribution in [0.1, 0.15) is 23.1 Å². The standard InChI is InChI=1S/C27H25FN2O3/c1-32-26-17-21(13-14-25(26)33-19-22-11-5-6-12-24(22)28)16-23(18-29)27(31)30-15-7-10-20-8-3-2-4-9-20/h2-6,8-9,11-14,16-17H,7,10,15,19H2,1H3,(H,30,31)/b23-16-. The maximum Gasteiger partial charge on any atom is 0.261 e. The highest BCUT2D eigenvalue weighted by Crippen LogP contribution is 2.30. The third kappa shape index (κ3) is 6.94. The lowest BCUT2D eigenvalue weighted by Gasteiger charge is -2.12. The molecule has 0 saturated heterocycles. The maximum absolute atomic E-state index is 13.8. The number of rotatable bonds is 10. The largest absolute Gasteiger partial charge is 0.493 e. The van der Waals surface area contributed by atoms with Crippen molar-refractivity contribution >= 4 is 12.0 Å². The van der Waals surface area contributed by atoms with Gasteiger partial charge in [-0.1, -0.05) is 54.6 Å². The lowest BCUT2D eigenvalue weighted by atomic mass is 10.1. The summed E-state index contributed by atoms with van der Waals surface area (Å²) in [6.07, 6.45) is 3.12. The molecule has 0 heterocycles. The monoisotopic (exact) mass is 444 g/mol. The summed E-state index contributed by atoms with van der Waals surface area (Å²) in [6, 6.07) is 23.4. The highest BCUT2D eigenvalue weighted by molar-refractivity contribution is 6.01. The van der Waals surface area contributed by atoms with Crippen LogP contribution in [-0.4, -0.2) is 19.6 Å². The van der Waals surface area contributed by atoms with Crippen molar-refractivity contribution < 1.29 is 18.7 Å². The van der Waals surface area contributed by atoms with Gasteiger partial charge in [-0.05, 0) is 48.2 Å². The Morgan fingerprint density at radius 3 is 2.55 bits per heavy atom. The average molecular weight is 445 g/mol. The van der Waals surface area contributed by atoms with Crippen LogP contribution < -0.4 is 14.8 Å². The van der Waals surface area contributed by atoms with Gasteiger partial charge < -0.3 is 14.8 Å². The minimum Gasteiger partial charge on any atom is -0.493 e. The molecule has 0 aliphatic heterocycles. The van der Waals surface area contributed by atoms with Crippen molar-refractivity contribution in [3.63, 3.8) is 0 Å². The molecule has 0 aromatic heterocycles. The van der Waals surface area contributed by atoms with Crippen LogP contribution >= 0.6 is 0 Å². The number of halogens is 1. The molecule has 0 atom stereocenters. The Morgan fingerprint density at radius 1 is 1.06 bits per heavy atom. The van der Waals surface area contributed by atoms with Gasteiger partial charge in [0.25, 0.3) is 5.91 Å². The van der Waals surface area contributed by atoms with Crippen molar-refractivity contribution in [3.8, 4) is 17.6 Å². The van der Waals surface area contributed by atoms with Gasteiger partial charge in [-0.25, -0.2) is 4.39 Å². The molecule has 0 aliphatic rings. The normalized spacial score (nSPS) is 10.9. The first kappa shape index (κ1) is 23.6. The molecule has 0 saturated carbocycles. The summed E-state index contributed by atoms with van der Waals surface area (Å²) in [7, 11) is 1.49. The molecule has 168 valence electrons. The van der Waals surface area contributed by atoms with Crippen LogP contribution in [-0.2, 0) is 17.8 Å². The molecule has 0 bridgehead atoms. The molecule has 0 unspecified atom stereocenters. The van der Waals surface area contributed by atoms with E-state index in [0.717, 1.165) is 12.8 Å². The molecule has 1 amide bonds. The Balaban J connectivity index is 1.60. The summed E-state index contributed by atoms with van der Waals surface area (Å²) in [4.78, 5) is 12.4. The third-order valence-electron chi connectivity index (χ3n) is 4.98. The first-order chi connectivity index (χ1) is 16.1. The van der Waals surface area contributed by atoms with Crippen LogP contribution in [0.5, 0.6) is 11.5 Å². The van der Waals surface area contributed by atoms with Crippen LogP contribution in [0.25, 0.3) is 6.08 Å². The Bertz CT molecular complexity index is 1150. The number of nitrogens with zero attached hydrogens (tertiary/aromatic N) is 1. The van der Waals surface area contributed by atoms with Crippen molar-refractivity contribution in [1.82, 2.24) is 5.32 Å². The van der Waals surface area contributed by atoms with E-state index >= 15 is 0 Å². The summed E-state index contributed by atoms with van der Waals surface area (Å²) in [5, 5.41) is 12.2. The van der Waals surface area contributed by atoms with Crippen molar-refractivity contribution in [3.05, 3.63) is 101 Å². The molecule has 0 spiro atoms. The van der Waals surface area contributed by atoms with Crippen LogP contribution in [0.4, 0.5) is 4.39 Å². The maximum atomic E-state index is 13.8. The summed E-state index contributed by atoms with van der Waals surface area (Å²) < 4.78 is 24.9. The van der Waals surface area contributed by atoms with E-state index in [-0.39, 0.29) is 18.0 Å². The van der Waals surface area contributed by atoms with E-state index in [0.29, 0.717) is 29.2 Å². The third-order valence-corrected chi connectivity index (χ3v) is 4.98. The number of hydrogen-bond donors (Lipinski definition) is 1. The molecule has 1 N–H and O–H groups in total. The highest BCUT2D eigenvalue weighted by Gasteiger charge is 2.11. The van der Waals surface area contributed by atoms with Gasteiger partial charge in [-0.2, -0.15) is 5.26 Å². The second-order valence-electron chi connectivity index (χ2n) is 7.31. The van der Waals surface area contributed by atoms with E-state index in [4.69, 9.17) is 9.47 Å². The zero-order chi connectivity index (χ0) is 23.5. The Kier molecular flexibility index (Phi) is 8.61. The van der Waals surface area contributed by atoms with Crippen molar-refractivity contribution in [2.75, 3.05) is 13.7 Å². The number of methoxy groups -OCH3 is 1. The first-order valence-corrected chi connectivity index (χ1v) is 10.6. The summed E-state index contributed by atoms with van der Waals surface area (Å²) in [6.45, 7) is 0.520. The van der Waals surface area contributed by atoms with E-state index in [1.165, 1.54) is 24.8 Å².